The molecule has 0 aliphatic rings. The highest BCUT2D eigenvalue weighted by atomic mass is 16.6. The Labute approximate surface area is 101 Å². The minimum Gasteiger partial charge on any atom is -0.487 e. The van der Waals surface area contributed by atoms with Gasteiger partial charge in [0.05, 0.1) is 0 Å². The van der Waals surface area contributed by atoms with Crippen molar-refractivity contribution in [3.8, 4) is 5.75 Å². The predicted octanol–water partition coefficient (Wildman–Crippen LogP) is 3.08. The Morgan fingerprint density at radius 2 is 1.88 bits per heavy atom. The summed E-state index contributed by atoms with van der Waals surface area (Å²) in [5.74, 6) is 1.36. The van der Waals surface area contributed by atoms with Gasteiger partial charge in [-0.3, -0.25) is 0 Å². The maximum Gasteiger partial charge on any atom is 0.145 e. The van der Waals surface area contributed by atoms with Crippen LogP contribution >= 0.6 is 0 Å². The van der Waals surface area contributed by atoms with Crippen LogP contribution in [0.4, 0.5) is 0 Å². The van der Waals surface area contributed by atoms with Crippen LogP contribution < -0.4 is 4.74 Å². The molecule has 4 nitrogen and oxygen atoms in total. The second-order valence-corrected chi connectivity index (χ2v) is 4.31. The van der Waals surface area contributed by atoms with Gasteiger partial charge in [0, 0.05) is 0 Å². The molecule has 2 rings (SSSR count). The molecule has 2 aromatic rings. The molecule has 0 radical (unpaired) electrons. The predicted molar refractivity (Wildman–Crippen MR) is 63.9 cm³/mol. The van der Waals surface area contributed by atoms with E-state index in [1.165, 1.54) is 5.56 Å². The van der Waals surface area contributed by atoms with Gasteiger partial charge in [-0.25, -0.2) is 4.63 Å². The SMILES string of the molecule is Cc1nonc1COc1ccc(C(C)C)cc1. The summed E-state index contributed by atoms with van der Waals surface area (Å²) in [6.45, 7) is 6.56. The van der Waals surface area contributed by atoms with Gasteiger partial charge < -0.3 is 4.74 Å². The summed E-state index contributed by atoms with van der Waals surface area (Å²) in [4.78, 5) is 0. The van der Waals surface area contributed by atoms with Gasteiger partial charge in [0.1, 0.15) is 23.7 Å². The topological polar surface area (TPSA) is 48.2 Å². The Kier molecular flexibility index (Phi) is 3.42. The van der Waals surface area contributed by atoms with E-state index in [1.807, 2.05) is 19.1 Å². The zero-order valence-electron chi connectivity index (χ0n) is 10.3. The summed E-state index contributed by atoms with van der Waals surface area (Å²) in [6, 6.07) is 8.10. The summed E-state index contributed by atoms with van der Waals surface area (Å²) in [6.07, 6.45) is 0. The molecule has 17 heavy (non-hydrogen) atoms. The van der Waals surface area contributed by atoms with Gasteiger partial charge in [-0.1, -0.05) is 36.3 Å². The Morgan fingerprint density at radius 1 is 1.18 bits per heavy atom. The van der Waals surface area contributed by atoms with E-state index in [2.05, 4.69) is 40.9 Å². The zero-order valence-corrected chi connectivity index (χ0v) is 10.3. The van der Waals surface area contributed by atoms with Crippen LogP contribution in [0, 0.1) is 6.92 Å². The maximum absolute atomic E-state index is 5.60. The van der Waals surface area contributed by atoms with Crippen LogP contribution in [0.5, 0.6) is 5.75 Å². The summed E-state index contributed by atoms with van der Waals surface area (Å²) in [7, 11) is 0. The average molecular weight is 232 g/mol. The molecule has 1 aromatic carbocycles. The van der Waals surface area contributed by atoms with Crippen molar-refractivity contribution in [3.63, 3.8) is 0 Å². The molecule has 0 atom stereocenters. The number of hydrogen-bond donors (Lipinski definition) is 0. The molecule has 0 aliphatic carbocycles. The third-order valence-corrected chi connectivity index (χ3v) is 2.67. The molecule has 0 fully saturated rings. The van der Waals surface area contributed by atoms with Crippen LogP contribution in [-0.4, -0.2) is 10.3 Å². The highest BCUT2D eigenvalue weighted by Gasteiger charge is 2.06. The lowest BCUT2D eigenvalue weighted by atomic mass is 10.0. The summed E-state index contributed by atoms with van der Waals surface area (Å²) in [5, 5.41) is 7.47. The van der Waals surface area contributed by atoms with Crippen molar-refractivity contribution in [2.45, 2.75) is 33.3 Å². The Hall–Kier alpha value is -1.84. The molecule has 90 valence electrons. The lowest BCUT2D eigenvalue weighted by Crippen LogP contribution is -1.98. The summed E-state index contributed by atoms with van der Waals surface area (Å²) < 4.78 is 10.2. The quantitative estimate of drug-likeness (QED) is 0.812. The molecule has 4 heteroatoms. The molecule has 1 aromatic heterocycles. The van der Waals surface area contributed by atoms with Crippen molar-refractivity contribution < 1.29 is 9.37 Å². The van der Waals surface area contributed by atoms with Gasteiger partial charge in [0.2, 0.25) is 0 Å². The van der Waals surface area contributed by atoms with Crippen molar-refractivity contribution in [1.82, 2.24) is 10.3 Å². The first-order valence-electron chi connectivity index (χ1n) is 5.67. The standard InChI is InChI=1S/C13H16N2O2/c1-9(2)11-4-6-12(7-5-11)16-8-13-10(3)14-17-15-13/h4-7,9H,8H2,1-3H3. The highest BCUT2D eigenvalue weighted by Crippen LogP contribution is 2.19. The molecule has 0 aliphatic heterocycles. The van der Waals surface area contributed by atoms with Gasteiger partial charge in [0.25, 0.3) is 0 Å². The van der Waals surface area contributed by atoms with Gasteiger partial charge in [-0.15, -0.1) is 0 Å². The lowest BCUT2D eigenvalue weighted by Gasteiger charge is -2.07. The smallest absolute Gasteiger partial charge is 0.145 e. The second kappa shape index (κ2) is 4.99. The van der Waals surface area contributed by atoms with E-state index in [1.54, 1.807) is 0 Å². The Bertz CT molecular complexity index is 474. The first-order valence-corrected chi connectivity index (χ1v) is 5.67. The minimum absolute atomic E-state index is 0.385. The van der Waals surface area contributed by atoms with Crippen molar-refractivity contribution in [1.29, 1.82) is 0 Å². The third kappa shape index (κ3) is 2.84. The van der Waals surface area contributed by atoms with E-state index >= 15 is 0 Å². The Balaban J connectivity index is 1.98. The fraction of sp³-hybridized carbons (Fsp3) is 0.385. The van der Waals surface area contributed by atoms with E-state index in [4.69, 9.17) is 4.74 Å². The van der Waals surface area contributed by atoms with E-state index in [9.17, 15) is 0 Å². The van der Waals surface area contributed by atoms with Crippen molar-refractivity contribution >= 4 is 0 Å². The van der Waals surface area contributed by atoms with Gasteiger partial charge in [-0.2, -0.15) is 0 Å². The highest BCUT2D eigenvalue weighted by molar-refractivity contribution is 5.29. The average Bonchev–Trinajstić information content (AvgIpc) is 2.73. The zero-order chi connectivity index (χ0) is 12.3. The fourth-order valence-corrected chi connectivity index (χ4v) is 1.48. The Morgan fingerprint density at radius 3 is 2.41 bits per heavy atom. The molecule has 0 bridgehead atoms. The third-order valence-electron chi connectivity index (χ3n) is 2.67. The molecule has 0 saturated heterocycles. The van der Waals surface area contributed by atoms with Crippen LogP contribution in [0.3, 0.4) is 0 Å². The van der Waals surface area contributed by atoms with Gasteiger partial charge in [-0.05, 0) is 30.5 Å². The van der Waals surface area contributed by atoms with Crippen LogP contribution in [0.2, 0.25) is 0 Å². The number of ether oxygens (including phenoxy) is 1. The number of nitrogens with zero attached hydrogens (tertiary/aromatic N) is 2. The molecule has 0 N–H and O–H groups in total. The molecule has 0 spiro atoms. The van der Waals surface area contributed by atoms with Crippen LogP contribution in [0.25, 0.3) is 0 Å². The normalized spacial score (nSPS) is 10.8. The number of aromatic nitrogens is 2. The number of aryl methyl sites for hydroxylation is 1. The van der Waals surface area contributed by atoms with Crippen LogP contribution in [0.1, 0.15) is 36.7 Å². The van der Waals surface area contributed by atoms with Crippen molar-refractivity contribution in [2.75, 3.05) is 0 Å². The minimum atomic E-state index is 0.385. The van der Waals surface area contributed by atoms with E-state index < -0.39 is 0 Å². The van der Waals surface area contributed by atoms with Crippen molar-refractivity contribution in [2.24, 2.45) is 0 Å². The first-order chi connectivity index (χ1) is 8.16. The molecule has 0 unspecified atom stereocenters. The fourth-order valence-electron chi connectivity index (χ4n) is 1.48. The van der Waals surface area contributed by atoms with E-state index in [-0.39, 0.29) is 0 Å². The van der Waals surface area contributed by atoms with Gasteiger partial charge in [0.15, 0.2) is 0 Å². The summed E-state index contributed by atoms with van der Waals surface area (Å²) in [5.41, 5.74) is 2.80. The maximum atomic E-state index is 5.60. The van der Waals surface area contributed by atoms with Gasteiger partial charge >= 0.3 is 0 Å². The van der Waals surface area contributed by atoms with E-state index in [0.29, 0.717) is 12.5 Å². The monoisotopic (exact) mass is 232 g/mol. The van der Waals surface area contributed by atoms with Crippen LogP contribution in [0.15, 0.2) is 28.9 Å². The lowest BCUT2D eigenvalue weighted by molar-refractivity contribution is 0.270. The number of benzene rings is 1. The van der Waals surface area contributed by atoms with Crippen molar-refractivity contribution in [3.05, 3.63) is 41.2 Å². The summed E-state index contributed by atoms with van der Waals surface area (Å²) >= 11 is 0. The second-order valence-electron chi connectivity index (χ2n) is 4.31. The number of hydrogen-bond acceptors (Lipinski definition) is 4. The largest absolute Gasteiger partial charge is 0.487 e. The van der Waals surface area contributed by atoms with Crippen LogP contribution in [-0.2, 0) is 6.61 Å². The number of rotatable bonds is 4. The molecule has 1 heterocycles. The molecule has 0 amide bonds. The van der Waals surface area contributed by atoms with E-state index in [0.717, 1.165) is 17.1 Å². The molecular formula is C13H16N2O2. The molecule has 0 saturated carbocycles. The molecular weight excluding hydrogens is 216 g/mol. The first kappa shape index (κ1) is 11.6.